The number of ether oxygens (including phenoxy) is 1. The van der Waals surface area contributed by atoms with Gasteiger partial charge in [0, 0.05) is 28.1 Å². The summed E-state index contributed by atoms with van der Waals surface area (Å²) in [5.74, 6) is 0.548. The third-order valence-corrected chi connectivity index (χ3v) is 8.29. The second kappa shape index (κ2) is 8.00. The van der Waals surface area contributed by atoms with Crippen LogP contribution in [-0.2, 0) is 10.0 Å². The minimum atomic E-state index is -4.05. The molecule has 0 radical (unpaired) electrons. The van der Waals surface area contributed by atoms with Gasteiger partial charge in [-0.15, -0.1) is 10.2 Å². The van der Waals surface area contributed by atoms with Crippen molar-refractivity contribution in [2.75, 3.05) is 18.0 Å². The van der Waals surface area contributed by atoms with E-state index in [1.54, 1.807) is 12.1 Å². The molecule has 1 saturated carbocycles. The van der Waals surface area contributed by atoms with Gasteiger partial charge in [0.05, 0.1) is 17.7 Å². The number of rotatable bonds is 5. The molecule has 2 aromatic carbocycles. The van der Waals surface area contributed by atoms with Crippen molar-refractivity contribution in [3.63, 3.8) is 0 Å². The van der Waals surface area contributed by atoms with Crippen LogP contribution in [0.15, 0.2) is 51.8 Å². The number of hydrogen-bond acceptors (Lipinski definition) is 6. The Labute approximate surface area is 193 Å². The third kappa shape index (κ3) is 3.61. The molecule has 10 heteroatoms. The molecule has 3 aromatic rings. The van der Waals surface area contributed by atoms with Crippen LogP contribution in [0.2, 0.25) is 0 Å². The molecule has 0 unspecified atom stereocenters. The molecule has 0 bridgehead atoms. The van der Waals surface area contributed by atoms with Crippen molar-refractivity contribution in [3.05, 3.63) is 65.6 Å². The molecule has 1 aliphatic carbocycles. The van der Waals surface area contributed by atoms with E-state index >= 15 is 0 Å². The van der Waals surface area contributed by atoms with Gasteiger partial charge in [-0.3, -0.25) is 4.31 Å². The number of benzene rings is 2. The lowest BCUT2D eigenvalue weighted by atomic mass is 10.1. The summed E-state index contributed by atoms with van der Waals surface area (Å²) in [6.07, 6.45) is 2.41. The maximum Gasteiger partial charge on any atom is 0.264 e. The van der Waals surface area contributed by atoms with Crippen LogP contribution in [0.3, 0.4) is 0 Å². The van der Waals surface area contributed by atoms with Crippen molar-refractivity contribution in [2.24, 2.45) is 0 Å². The molecule has 1 aliphatic heterocycles. The first-order chi connectivity index (χ1) is 15.4. The molecular weight excluding hydrogens is 501 g/mol. The van der Waals surface area contributed by atoms with E-state index in [4.69, 9.17) is 9.15 Å². The van der Waals surface area contributed by atoms with E-state index < -0.39 is 15.8 Å². The summed E-state index contributed by atoms with van der Waals surface area (Å²) in [5.41, 5.74) is 1.88. The van der Waals surface area contributed by atoms with E-state index in [0.29, 0.717) is 39.9 Å². The molecule has 1 aromatic heterocycles. The molecule has 166 valence electrons. The molecule has 0 atom stereocenters. The van der Waals surface area contributed by atoms with Crippen molar-refractivity contribution in [1.29, 1.82) is 0 Å². The van der Waals surface area contributed by atoms with E-state index in [9.17, 15) is 12.8 Å². The fourth-order valence-corrected chi connectivity index (χ4v) is 5.92. The molecule has 0 saturated heterocycles. The van der Waals surface area contributed by atoms with Gasteiger partial charge < -0.3 is 9.15 Å². The molecule has 5 rings (SSSR count). The lowest BCUT2D eigenvalue weighted by molar-refractivity contribution is 0.385. The normalized spacial score (nSPS) is 16.7. The van der Waals surface area contributed by atoms with Gasteiger partial charge in [-0.05, 0) is 59.5 Å². The lowest BCUT2D eigenvalue weighted by Crippen LogP contribution is -2.32. The standard InChI is InChI=1S/C22H19BrFN3O4S/c1-30-19-9-8-14(12-17(19)24)32(28,29)27-11-10-16(20(23)15-4-2-3-5-18(15)27)22-26-25-21(31-22)13-6-7-13/h2-5,8-9,12-13H,6-7,10-11H2,1H3. The van der Waals surface area contributed by atoms with E-state index in [1.807, 2.05) is 12.1 Å². The summed E-state index contributed by atoms with van der Waals surface area (Å²) in [4.78, 5) is -0.154. The fourth-order valence-electron chi connectivity index (χ4n) is 3.72. The Balaban J connectivity index is 1.57. The summed E-state index contributed by atoms with van der Waals surface area (Å²) in [7, 11) is -2.72. The van der Waals surface area contributed by atoms with Crippen LogP contribution in [0.1, 0.15) is 42.5 Å². The van der Waals surface area contributed by atoms with E-state index in [0.717, 1.165) is 24.5 Å². The Hall–Kier alpha value is -2.72. The van der Waals surface area contributed by atoms with Crippen molar-refractivity contribution in [2.45, 2.75) is 30.1 Å². The second-order valence-electron chi connectivity index (χ2n) is 7.65. The summed E-state index contributed by atoms with van der Waals surface area (Å²) < 4.78 is 54.2. The third-order valence-electron chi connectivity index (χ3n) is 5.58. The van der Waals surface area contributed by atoms with E-state index in [-0.39, 0.29) is 17.2 Å². The summed E-state index contributed by atoms with van der Waals surface area (Å²) in [6.45, 7) is 0.124. The first-order valence-corrected chi connectivity index (χ1v) is 12.3. The van der Waals surface area contributed by atoms with Gasteiger partial charge in [-0.25, -0.2) is 12.8 Å². The zero-order chi connectivity index (χ0) is 22.5. The van der Waals surface area contributed by atoms with Crippen molar-refractivity contribution in [3.8, 4) is 5.75 Å². The largest absolute Gasteiger partial charge is 0.494 e. The predicted octanol–water partition coefficient (Wildman–Crippen LogP) is 4.96. The van der Waals surface area contributed by atoms with Gasteiger partial charge >= 0.3 is 0 Å². The number of anilines is 1. The fraction of sp³-hybridized carbons (Fsp3) is 0.273. The first-order valence-electron chi connectivity index (χ1n) is 10.1. The molecule has 0 N–H and O–H groups in total. The molecule has 0 spiro atoms. The van der Waals surface area contributed by atoms with Crippen molar-refractivity contribution in [1.82, 2.24) is 10.2 Å². The topological polar surface area (TPSA) is 85.5 Å². The molecule has 2 aliphatic rings. The highest BCUT2D eigenvalue weighted by atomic mass is 79.9. The summed E-state index contributed by atoms with van der Waals surface area (Å²) in [5, 5.41) is 8.36. The number of methoxy groups -OCH3 is 1. The van der Waals surface area contributed by atoms with Gasteiger partial charge in [-0.2, -0.15) is 0 Å². The zero-order valence-corrected chi connectivity index (χ0v) is 19.5. The minimum Gasteiger partial charge on any atom is -0.494 e. The maximum atomic E-state index is 14.3. The molecule has 7 nitrogen and oxygen atoms in total. The van der Waals surface area contributed by atoms with Crippen LogP contribution >= 0.6 is 15.9 Å². The number of sulfonamides is 1. The quantitative estimate of drug-likeness (QED) is 0.473. The van der Waals surface area contributed by atoms with Crippen LogP contribution in [0, 0.1) is 5.82 Å². The highest BCUT2D eigenvalue weighted by Gasteiger charge is 2.34. The Morgan fingerprint density at radius 2 is 1.97 bits per heavy atom. The number of fused-ring (bicyclic) bond motifs is 1. The van der Waals surface area contributed by atoms with Gasteiger partial charge in [0.1, 0.15) is 0 Å². The molecule has 0 amide bonds. The Morgan fingerprint density at radius 3 is 2.69 bits per heavy atom. The van der Waals surface area contributed by atoms with Crippen LogP contribution in [0.25, 0.3) is 10.1 Å². The first kappa shape index (κ1) is 21.1. The molecule has 2 heterocycles. The predicted molar refractivity (Wildman–Crippen MR) is 121 cm³/mol. The number of aromatic nitrogens is 2. The highest BCUT2D eigenvalue weighted by Crippen LogP contribution is 2.44. The second-order valence-corrected chi connectivity index (χ2v) is 10.3. The molecule has 32 heavy (non-hydrogen) atoms. The number of halogens is 2. The van der Waals surface area contributed by atoms with Gasteiger partial charge in [0.2, 0.25) is 11.8 Å². The summed E-state index contributed by atoms with van der Waals surface area (Å²) in [6, 6.07) is 10.8. The van der Waals surface area contributed by atoms with Crippen LogP contribution in [-0.4, -0.2) is 32.3 Å². The number of hydrogen-bond donors (Lipinski definition) is 0. The minimum absolute atomic E-state index is 0.0187. The van der Waals surface area contributed by atoms with Crippen LogP contribution in [0.5, 0.6) is 5.75 Å². The molecule has 1 fully saturated rings. The van der Waals surface area contributed by atoms with Crippen molar-refractivity contribution >= 4 is 41.7 Å². The van der Waals surface area contributed by atoms with E-state index in [1.165, 1.54) is 23.5 Å². The highest BCUT2D eigenvalue weighted by molar-refractivity contribution is 9.15. The smallest absolute Gasteiger partial charge is 0.264 e. The lowest BCUT2D eigenvalue weighted by Gasteiger charge is -2.25. The van der Waals surface area contributed by atoms with Gasteiger partial charge in [0.25, 0.3) is 10.0 Å². The van der Waals surface area contributed by atoms with Crippen LogP contribution in [0.4, 0.5) is 10.1 Å². The maximum absolute atomic E-state index is 14.3. The van der Waals surface area contributed by atoms with Crippen molar-refractivity contribution < 1.29 is 22.0 Å². The average molecular weight is 520 g/mol. The summed E-state index contributed by atoms with van der Waals surface area (Å²) >= 11 is 3.64. The van der Waals surface area contributed by atoms with Gasteiger partial charge in [0.15, 0.2) is 11.6 Å². The Morgan fingerprint density at radius 1 is 1.19 bits per heavy atom. The SMILES string of the molecule is COc1ccc(S(=O)(=O)N2CCC(c3nnc(C4CC4)o3)=C(Br)c3ccccc32)cc1F. The Kier molecular flexibility index (Phi) is 5.29. The molecular formula is C22H19BrFN3O4S. The number of nitrogens with zero attached hydrogens (tertiary/aromatic N) is 3. The van der Waals surface area contributed by atoms with Crippen LogP contribution < -0.4 is 9.04 Å². The average Bonchev–Trinajstić information content (AvgIpc) is 3.55. The zero-order valence-electron chi connectivity index (χ0n) is 17.1. The van der Waals surface area contributed by atoms with E-state index in [2.05, 4.69) is 26.1 Å². The Bertz CT molecular complexity index is 1330. The number of para-hydroxylation sites is 1. The van der Waals surface area contributed by atoms with Gasteiger partial charge in [-0.1, -0.05) is 18.2 Å². The monoisotopic (exact) mass is 519 g/mol.